The summed E-state index contributed by atoms with van der Waals surface area (Å²) in [4.78, 5) is 11.5. The summed E-state index contributed by atoms with van der Waals surface area (Å²) in [5, 5.41) is 6.89. The minimum Gasteiger partial charge on any atom is -0.370 e. The highest BCUT2D eigenvalue weighted by Crippen LogP contribution is 2.21. The molecular formula is C16H31N5. The molecule has 120 valence electrons. The van der Waals surface area contributed by atoms with Crippen LogP contribution in [0.4, 0.5) is 11.6 Å². The molecule has 0 aliphatic heterocycles. The minimum atomic E-state index is 0.0702. The third kappa shape index (κ3) is 4.84. The molecule has 5 nitrogen and oxygen atoms in total. The Morgan fingerprint density at radius 2 is 1.62 bits per heavy atom. The van der Waals surface area contributed by atoms with Crippen molar-refractivity contribution in [3.63, 3.8) is 0 Å². The number of hydrogen-bond donors (Lipinski definition) is 2. The van der Waals surface area contributed by atoms with Crippen LogP contribution in [-0.4, -0.2) is 47.6 Å². The lowest BCUT2D eigenvalue weighted by molar-refractivity contribution is 0.210. The average molecular weight is 293 g/mol. The molecule has 0 aliphatic rings. The van der Waals surface area contributed by atoms with Crippen molar-refractivity contribution < 1.29 is 0 Å². The lowest BCUT2D eigenvalue weighted by Gasteiger charge is -2.33. The summed E-state index contributed by atoms with van der Waals surface area (Å²) < 4.78 is 0. The number of nitrogens with one attached hydrogen (secondary N) is 2. The Labute approximate surface area is 129 Å². The van der Waals surface area contributed by atoms with Gasteiger partial charge in [-0.2, -0.15) is 0 Å². The molecule has 0 bridgehead atoms. The Bertz CT molecular complexity index is 454. The Hall–Kier alpha value is -1.36. The standard InChI is InChI=1S/C16H31N5/c1-8-10-17-14-12(3)15(20-13(9-2)19-14)18-11-16(4,5)21(6)7/h8-11H2,1-7H3,(H2,17,18,19,20). The van der Waals surface area contributed by atoms with Gasteiger partial charge in [0.05, 0.1) is 0 Å². The Kier molecular flexibility index (Phi) is 6.40. The number of aryl methyl sites for hydroxylation is 1. The molecule has 1 rings (SSSR count). The van der Waals surface area contributed by atoms with Crippen molar-refractivity contribution in [2.24, 2.45) is 0 Å². The predicted octanol–water partition coefficient (Wildman–Crippen LogP) is 2.92. The SMILES string of the molecule is CCCNc1nc(CC)nc(NCC(C)(C)N(C)C)c1C. The van der Waals surface area contributed by atoms with Crippen molar-refractivity contribution >= 4 is 11.6 Å². The number of hydrogen-bond acceptors (Lipinski definition) is 5. The van der Waals surface area contributed by atoms with Crippen LogP contribution >= 0.6 is 0 Å². The van der Waals surface area contributed by atoms with Crippen LogP contribution in [0.3, 0.4) is 0 Å². The first-order valence-corrected chi connectivity index (χ1v) is 7.84. The van der Waals surface area contributed by atoms with Gasteiger partial charge in [-0.3, -0.25) is 0 Å². The fraction of sp³-hybridized carbons (Fsp3) is 0.750. The topological polar surface area (TPSA) is 53.1 Å². The van der Waals surface area contributed by atoms with Gasteiger partial charge in [0.1, 0.15) is 17.5 Å². The van der Waals surface area contributed by atoms with E-state index in [2.05, 4.69) is 74.2 Å². The van der Waals surface area contributed by atoms with Crippen molar-refractivity contribution in [2.45, 2.75) is 53.0 Å². The molecule has 0 aliphatic carbocycles. The van der Waals surface area contributed by atoms with Gasteiger partial charge in [0.2, 0.25) is 0 Å². The summed E-state index contributed by atoms with van der Waals surface area (Å²) in [6.07, 6.45) is 1.92. The highest BCUT2D eigenvalue weighted by atomic mass is 15.2. The smallest absolute Gasteiger partial charge is 0.134 e. The second-order valence-electron chi connectivity index (χ2n) is 6.30. The normalized spacial score (nSPS) is 11.8. The molecule has 0 saturated carbocycles. The highest BCUT2D eigenvalue weighted by Gasteiger charge is 2.21. The fourth-order valence-corrected chi connectivity index (χ4v) is 1.77. The number of nitrogens with zero attached hydrogens (tertiary/aromatic N) is 3. The minimum absolute atomic E-state index is 0.0702. The molecule has 0 aromatic carbocycles. The van der Waals surface area contributed by atoms with E-state index >= 15 is 0 Å². The van der Waals surface area contributed by atoms with E-state index in [0.29, 0.717) is 0 Å². The second kappa shape index (κ2) is 7.59. The summed E-state index contributed by atoms with van der Waals surface area (Å²) in [5.74, 6) is 2.77. The summed E-state index contributed by atoms with van der Waals surface area (Å²) >= 11 is 0. The Morgan fingerprint density at radius 3 is 2.10 bits per heavy atom. The molecule has 1 aromatic rings. The molecule has 5 heteroatoms. The summed E-state index contributed by atoms with van der Waals surface area (Å²) in [6, 6.07) is 0. The largest absolute Gasteiger partial charge is 0.370 e. The maximum absolute atomic E-state index is 4.64. The zero-order valence-electron chi connectivity index (χ0n) is 14.7. The predicted molar refractivity (Wildman–Crippen MR) is 91.2 cm³/mol. The molecular weight excluding hydrogens is 262 g/mol. The van der Waals surface area contributed by atoms with E-state index in [1.165, 1.54) is 0 Å². The Balaban J connectivity index is 2.95. The van der Waals surface area contributed by atoms with Crippen LogP contribution in [0.25, 0.3) is 0 Å². The molecule has 1 aromatic heterocycles. The van der Waals surface area contributed by atoms with Crippen molar-refractivity contribution in [3.05, 3.63) is 11.4 Å². The second-order valence-corrected chi connectivity index (χ2v) is 6.30. The Morgan fingerprint density at radius 1 is 1.05 bits per heavy atom. The van der Waals surface area contributed by atoms with Gasteiger partial charge in [-0.15, -0.1) is 0 Å². The van der Waals surface area contributed by atoms with Crippen LogP contribution in [0.2, 0.25) is 0 Å². The van der Waals surface area contributed by atoms with E-state index in [-0.39, 0.29) is 5.54 Å². The maximum Gasteiger partial charge on any atom is 0.134 e. The molecule has 0 radical (unpaired) electrons. The van der Waals surface area contributed by atoms with Crippen molar-refractivity contribution in [1.29, 1.82) is 0 Å². The van der Waals surface area contributed by atoms with E-state index in [1.54, 1.807) is 0 Å². The maximum atomic E-state index is 4.64. The van der Waals surface area contributed by atoms with E-state index in [4.69, 9.17) is 0 Å². The highest BCUT2D eigenvalue weighted by molar-refractivity contribution is 5.57. The van der Waals surface area contributed by atoms with E-state index in [0.717, 1.165) is 49.0 Å². The lowest BCUT2D eigenvalue weighted by atomic mass is 10.0. The van der Waals surface area contributed by atoms with E-state index < -0.39 is 0 Å². The molecule has 0 atom stereocenters. The van der Waals surface area contributed by atoms with Crippen LogP contribution < -0.4 is 10.6 Å². The first-order valence-electron chi connectivity index (χ1n) is 7.84. The van der Waals surface area contributed by atoms with Gasteiger partial charge in [0, 0.05) is 30.6 Å². The van der Waals surface area contributed by atoms with Gasteiger partial charge < -0.3 is 15.5 Å². The molecule has 0 amide bonds. The van der Waals surface area contributed by atoms with Gasteiger partial charge in [0.25, 0.3) is 0 Å². The van der Waals surface area contributed by atoms with E-state index in [9.17, 15) is 0 Å². The zero-order chi connectivity index (χ0) is 16.0. The van der Waals surface area contributed by atoms with E-state index in [1.807, 2.05) is 0 Å². The molecule has 0 spiro atoms. The molecule has 0 unspecified atom stereocenters. The summed E-state index contributed by atoms with van der Waals surface area (Å²) in [5.41, 5.74) is 1.16. The van der Waals surface area contributed by atoms with Gasteiger partial charge in [0.15, 0.2) is 0 Å². The van der Waals surface area contributed by atoms with Crippen LogP contribution in [0, 0.1) is 6.92 Å². The van der Waals surface area contributed by atoms with Crippen molar-refractivity contribution in [1.82, 2.24) is 14.9 Å². The van der Waals surface area contributed by atoms with Crippen LogP contribution in [0.5, 0.6) is 0 Å². The van der Waals surface area contributed by atoms with Crippen molar-refractivity contribution in [3.8, 4) is 0 Å². The molecule has 0 fully saturated rings. The first-order chi connectivity index (χ1) is 9.81. The number of aromatic nitrogens is 2. The molecule has 2 N–H and O–H groups in total. The number of likely N-dealkylation sites (N-methyl/N-ethyl adjacent to an activating group) is 1. The summed E-state index contributed by atoms with van der Waals surface area (Å²) in [6.45, 7) is 12.5. The zero-order valence-corrected chi connectivity index (χ0v) is 14.7. The van der Waals surface area contributed by atoms with Crippen LogP contribution in [-0.2, 0) is 6.42 Å². The van der Waals surface area contributed by atoms with Crippen LogP contribution in [0.1, 0.15) is 45.5 Å². The summed E-state index contributed by atoms with van der Waals surface area (Å²) in [7, 11) is 4.19. The molecule has 0 saturated heterocycles. The van der Waals surface area contributed by atoms with Gasteiger partial charge in [-0.05, 0) is 41.3 Å². The van der Waals surface area contributed by atoms with Crippen LogP contribution in [0.15, 0.2) is 0 Å². The van der Waals surface area contributed by atoms with Crippen molar-refractivity contribution in [2.75, 3.05) is 37.8 Å². The average Bonchev–Trinajstić information content (AvgIpc) is 2.44. The third-order valence-corrected chi connectivity index (χ3v) is 3.95. The van der Waals surface area contributed by atoms with Gasteiger partial charge in [-0.25, -0.2) is 9.97 Å². The van der Waals surface area contributed by atoms with Gasteiger partial charge >= 0.3 is 0 Å². The first kappa shape index (κ1) is 17.7. The number of anilines is 2. The molecule has 21 heavy (non-hydrogen) atoms. The van der Waals surface area contributed by atoms with Gasteiger partial charge in [-0.1, -0.05) is 13.8 Å². The monoisotopic (exact) mass is 293 g/mol. The number of rotatable bonds is 8. The molecule has 1 heterocycles. The third-order valence-electron chi connectivity index (χ3n) is 3.95. The quantitative estimate of drug-likeness (QED) is 0.772. The fourth-order valence-electron chi connectivity index (χ4n) is 1.77. The lowest BCUT2D eigenvalue weighted by Crippen LogP contribution is -2.44.